The lowest BCUT2D eigenvalue weighted by Crippen LogP contribution is -2.57. The zero-order valence-corrected chi connectivity index (χ0v) is 6.90. The summed E-state index contributed by atoms with van der Waals surface area (Å²) in [6, 6.07) is 0.345. The van der Waals surface area contributed by atoms with Crippen molar-refractivity contribution in [2.24, 2.45) is 11.1 Å². The molecule has 0 unspecified atom stereocenters. The Morgan fingerprint density at radius 2 is 2.00 bits per heavy atom. The van der Waals surface area contributed by atoms with Crippen LogP contribution in [0.2, 0.25) is 0 Å². The Hall–Kier alpha value is -0.680. The van der Waals surface area contributed by atoms with E-state index < -0.39 is 0 Å². The van der Waals surface area contributed by atoms with Gasteiger partial charge in [-0.1, -0.05) is 0 Å². The topological polar surface area (TPSA) is 61.9 Å². The standard InChI is InChI=1S/C6H14N4O/c1-5-4-10(8-11)6(2)3-9(5)7/h5-6H,3-4,7H2,1-2H3/t5-,6+/m0/s1. The van der Waals surface area contributed by atoms with Crippen molar-refractivity contribution in [3.63, 3.8) is 0 Å². The van der Waals surface area contributed by atoms with E-state index in [9.17, 15) is 4.91 Å². The van der Waals surface area contributed by atoms with Crippen molar-refractivity contribution in [3.05, 3.63) is 4.91 Å². The molecule has 1 aliphatic rings. The number of piperazine rings is 1. The van der Waals surface area contributed by atoms with Crippen LogP contribution >= 0.6 is 0 Å². The predicted octanol–water partition coefficient (Wildman–Crippen LogP) is -0.0639. The molecule has 5 heteroatoms. The van der Waals surface area contributed by atoms with E-state index in [0.29, 0.717) is 13.1 Å². The third kappa shape index (κ3) is 1.66. The molecule has 1 rings (SSSR count). The average Bonchev–Trinajstić information content (AvgIpc) is 1.97. The molecule has 0 aromatic carbocycles. The molecule has 2 N–H and O–H groups in total. The summed E-state index contributed by atoms with van der Waals surface area (Å²) in [5.41, 5.74) is 0. The molecule has 0 amide bonds. The van der Waals surface area contributed by atoms with Crippen molar-refractivity contribution < 1.29 is 0 Å². The molecule has 0 bridgehead atoms. The summed E-state index contributed by atoms with van der Waals surface area (Å²) in [6.07, 6.45) is 0. The molecule has 1 heterocycles. The summed E-state index contributed by atoms with van der Waals surface area (Å²) in [6.45, 7) is 5.24. The second-order valence-corrected chi connectivity index (χ2v) is 3.10. The first-order valence-corrected chi connectivity index (χ1v) is 3.76. The number of hydrogen-bond donors (Lipinski definition) is 1. The van der Waals surface area contributed by atoms with Crippen molar-refractivity contribution >= 4 is 0 Å². The largest absolute Gasteiger partial charge is 0.268 e. The Bertz CT molecular complexity index is 152. The van der Waals surface area contributed by atoms with Crippen LogP contribution in [0.3, 0.4) is 0 Å². The van der Waals surface area contributed by atoms with E-state index in [1.807, 2.05) is 13.8 Å². The Labute approximate surface area is 66.1 Å². The first-order chi connectivity index (χ1) is 5.15. The molecule has 0 radical (unpaired) electrons. The van der Waals surface area contributed by atoms with Crippen LogP contribution in [0.1, 0.15) is 13.8 Å². The Morgan fingerprint density at radius 3 is 2.55 bits per heavy atom. The molecule has 0 aliphatic carbocycles. The van der Waals surface area contributed by atoms with Crippen molar-refractivity contribution in [1.82, 2.24) is 10.0 Å². The molecular formula is C6H14N4O. The fourth-order valence-corrected chi connectivity index (χ4v) is 1.25. The van der Waals surface area contributed by atoms with Crippen molar-refractivity contribution in [1.29, 1.82) is 0 Å². The quantitative estimate of drug-likeness (QED) is 0.429. The Morgan fingerprint density at radius 1 is 1.36 bits per heavy atom. The second kappa shape index (κ2) is 3.15. The Kier molecular flexibility index (Phi) is 2.41. The van der Waals surface area contributed by atoms with Crippen LogP contribution in [0.4, 0.5) is 0 Å². The van der Waals surface area contributed by atoms with Gasteiger partial charge in [-0.15, -0.1) is 4.91 Å². The van der Waals surface area contributed by atoms with Gasteiger partial charge in [0.25, 0.3) is 0 Å². The fourth-order valence-electron chi connectivity index (χ4n) is 1.25. The monoisotopic (exact) mass is 158 g/mol. The summed E-state index contributed by atoms with van der Waals surface area (Å²) in [5.74, 6) is 5.65. The van der Waals surface area contributed by atoms with E-state index >= 15 is 0 Å². The van der Waals surface area contributed by atoms with Crippen molar-refractivity contribution in [3.8, 4) is 0 Å². The number of nitrogens with two attached hydrogens (primary N) is 1. The molecule has 11 heavy (non-hydrogen) atoms. The highest BCUT2D eigenvalue weighted by Gasteiger charge is 2.26. The van der Waals surface area contributed by atoms with Gasteiger partial charge in [0.15, 0.2) is 0 Å². The summed E-state index contributed by atoms with van der Waals surface area (Å²) < 4.78 is 0. The smallest absolute Gasteiger partial charge is 0.0616 e. The molecule has 1 fully saturated rings. The first kappa shape index (κ1) is 8.42. The number of hydrogen-bond acceptors (Lipinski definition) is 4. The average molecular weight is 158 g/mol. The van der Waals surface area contributed by atoms with Crippen LogP contribution in [-0.2, 0) is 0 Å². The van der Waals surface area contributed by atoms with Gasteiger partial charge in [0.05, 0.1) is 17.9 Å². The minimum atomic E-state index is 0.133. The molecule has 0 saturated carbocycles. The number of nitrogens with zero attached hydrogens (tertiary/aromatic N) is 3. The van der Waals surface area contributed by atoms with Crippen LogP contribution in [0.25, 0.3) is 0 Å². The molecule has 0 spiro atoms. The molecule has 0 aromatic heterocycles. The molecule has 1 saturated heterocycles. The molecular weight excluding hydrogens is 144 g/mol. The number of nitroso groups, excluding NO2 is 1. The van der Waals surface area contributed by atoms with Crippen LogP contribution in [0.15, 0.2) is 5.29 Å². The number of hydrazine groups is 1. The van der Waals surface area contributed by atoms with Gasteiger partial charge >= 0.3 is 0 Å². The summed E-state index contributed by atoms with van der Waals surface area (Å²) in [4.78, 5) is 10.2. The minimum absolute atomic E-state index is 0.133. The highest BCUT2D eigenvalue weighted by Crippen LogP contribution is 2.11. The zero-order valence-electron chi connectivity index (χ0n) is 6.90. The molecule has 2 atom stereocenters. The van der Waals surface area contributed by atoms with Gasteiger partial charge in [-0.3, -0.25) is 10.9 Å². The van der Waals surface area contributed by atoms with Gasteiger partial charge in [0.1, 0.15) is 0 Å². The predicted molar refractivity (Wildman–Crippen MR) is 42.3 cm³/mol. The van der Waals surface area contributed by atoms with Crippen LogP contribution in [0.5, 0.6) is 0 Å². The zero-order chi connectivity index (χ0) is 8.43. The van der Waals surface area contributed by atoms with Gasteiger partial charge in [0.2, 0.25) is 0 Å². The minimum Gasteiger partial charge on any atom is -0.268 e. The third-order valence-corrected chi connectivity index (χ3v) is 2.11. The van der Waals surface area contributed by atoms with E-state index in [1.54, 1.807) is 5.01 Å². The lowest BCUT2D eigenvalue weighted by atomic mass is 10.2. The Balaban J connectivity index is 2.54. The maximum atomic E-state index is 10.2. The molecule has 5 nitrogen and oxygen atoms in total. The highest BCUT2D eigenvalue weighted by atomic mass is 16.3. The van der Waals surface area contributed by atoms with E-state index in [2.05, 4.69) is 5.29 Å². The maximum absolute atomic E-state index is 10.2. The van der Waals surface area contributed by atoms with E-state index in [-0.39, 0.29) is 12.1 Å². The lowest BCUT2D eigenvalue weighted by Gasteiger charge is -2.38. The van der Waals surface area contributed by atoms with E-state index in [4.69, 9.17) is 5.84 Å². The molecule has 64 valence electrons. The van der Waals surface area contributed by atoms with Gasteiger partial charge < -0.3 is 0 Å². The lowest BCUT2D eigenvalue weighted by molar-refractivity contribution is 0.0433. The van der Waals surface area contributed by atoms with Crippen molar-refractivity contribution in [2.45, 2.75) is 25.9 Å². The third-order valence-electron chi connectivity index (χ3n) is 2.11. The number of rotatable bonds is 1. The normalized spacial score (nSPS) is 33.9. The second-order valence-electron chi connectivity index (χ2n) is 3.10. The van der Waals surface area contributed by atoms with Crippen LogP contribution < -0.4 is 5.84 Å². The molecule has 0 aromatic rings. The SMILES string of the molecule is C[C@@H]1CN(N)[C@@H](C)CN1N=O. The fraction of sp³-hybridized carbons (Fsp3) is 1.00. The van der Waals surface area contributed by atoms with Crippen LogP contribution in [0, 0.1) is 4.91 Å². The van der Waals surface area contributed by atoms with E-state index in [1.165, 1.54) is 5.01 Å². The van der Waals surface area contributed by atoms with Crippen LogP contribution in [-0.4, -0.2) is 35.2 Å². The summed E-state index contributed by atoms with van der Waals surface area (Å²) >= 11 is 0. The maximum Gasteiger partial charge on any atom is 0.0616 e. The van der Waals surface area contributed by atoms with Gasteiger partial charge in [-0.2, -0.15) is 0 Å². The van der Waals surface area contributed by atoms with Gasteiger partial charge in [0, 0.05) is 12.6 Å². The van der Waals surface area contributed by atoms with Gasteiger partial charge in [-0.05, 0) is 13.8 Å². The summed E-state index contributed by atoms with van der Waals surface area (Å²) in [7, 11) is 0. The highest BCUT2D eigenvalue weighted by molar-refractivity contribution is 4.79. The summed E-state index contributed by atoms with van der Waals surface area (Å²) in [5, 5.41) is 6.19. The van der Waals surface area contributed by atoms with E-state index in [0.717, 1.165) is 0 Å². The first-order valence-electron chi connectivity index (χ1n) is 3.76. The van der Waals surface area contributed by atoms with Gasteiger partial charge in [-0.25, -0.2) is 5.01 Å². The molecule has 1 aliphatic heterocycles. The van der Waals surface area contributed by atoms with Crippen molar-refractivity contribution in [2.75, 3.05) is 13.1 Å².